The number of carbonyl (C=O) groups is 1. The van der Waals surface area contributed by atoms with Gasteiger partial charge >= 0.3 is 5.69 Å². The normalized spacial score (nSPS) is 24.4. The lowest BCUT2D eigenvalue weighted by molar-refractivity contribution is -0.134. The minimum absolute atomic E-state index is 0.0196. The topological polar surface area (TPSA) is 60.1 Å². The van der Waals surface area contributed by atoms with Gasteiger partial charge in [0.15, 0.2) is 12.3 Å². The highest BCUT2D eigenvalue weighted by Crippen LogP contribution is 2.27. The van der Waals surface area contributed by atoms with Crippen LogP contribution in [0.4, 0.5) is 13.2 Å². The van der Waals surface area contributed by atoms with Crippen LogP contribution in [0, 0.1) is 5.82 Å². The monoisotopic (exact) mass is 414 g/mol. The van der Waals surface area contributed by atoms with Gasteiger partial charge in [-0.15, -0.1) is 0 Å². The highest BCUT2D eigenvalue weighted by Gasteiger charge is 2.40. The van der Waals surface area contributed by atoms with Gasteiger partial charge in [0.25, 0.3) is 0 Å². The van der Waals surface area contributed by atoms with Crippen molar-refractivity contribution in [2.75, 3.05) is 13.1 Å². The number of halogens is 4. The van der Waals surface area contributed by atoms with Crippen LogP contribution in [0.15, 0.2) is 23.0 Å². The van der Waals surface area contributed by atoms with Gasteiger partial charge in [-0.3, -0.25) is 9.36 Å². The summed E-state index contributed by atoms with van der Waals surface area (Å²) in [4.78, 5) is 26.8. The van der Waals surface area contributed by atoms with Gasteiger partial charge in [0.2, 0.25) is 5.91 Å². The average molecular weight is 415 g/mol. The number of alkyl halides is 2. The van der Waals surface area contributed by atoms with E-state index in [-0.39, 0.29) is 24.7 Å². The van der Waals surface area contributed by atoms with Crippen molar-refractivity contribution in [1.29, 1.82) is 0 Å². The Kier molecular flexibility index (Phi) is 4.95. The molecule has 0 spiro atoms. The largest absolute Gasteiger partial charge is 0.346 e. The number of aryl methyl sites for hydroxylation is 1. The van der Waals surface area contributed by atoms with Crippen molar-refractivity contribution < 1.29 is 18.0 Å². The molecule has 0 radical (unpaired) electrons. The van der Waals surface area contributed by atoms with Crippen molar-refractivity contribution in [1.82, 2.24) is 19.2 Å². The first-order chi connectivity index (χ1) is 13.3. The van der Waals surface area contributed by atoms with Gasteiger partial charge in [0.05, 0.1) is 24.7 Å². The van der Waals surface area contributed by atoms with Gasteiger partial charge in [-0.2, -0.15) is 5.10 Å². The average Bonchev–Trinajstić information content (AvgIpc) is 3.17. The van der Waals surface area contributed by atoms with E-state index in [1.807, 2.05) is 0 Å². The molecule has 4 rings (SSSR count). The molecule has 1 amide bonds. The van der Waals surface area contributed by atoms with E-state index in [1.165, 1.54) is 21.4 Å². The molecule has 10 heteroatoms. The number of hydrogen-bond acceptors (Lipinski definition) is 3. The molecular weight excluding hydrogens is 397 g/mol. The van der Waals surface area contributed by atoms with E-state index in [1.54, 1.807) is 6.07 Å². The molecule has 1 saturated heterocycles. The molecule has 3 heterocycles. The second kappa shape index (κ2) is 7.27. The van der Waals surface area contributed by atoms with Crippen molar-refractivity contribution in [2.24, 2.45) is 0 Å². The molecule has 2 aromatic rings. The minimum Gasteiger partial charge on any atom is -0.335 e. The molecule has 0 bridgehead atoms. The van der Waals surface area contributed by atoms with Gasteiger partial charge in [0, 0.05) is 6.42 Å². The molecule has 1 aromatic heterocycles. The Bertz CT molecular complexity index is 966. The highest BCUT2D eigenvalue weighted by atomic mass is 35.5. The molecule has 3 atom stereocenters. The zero-order chi connectivity index (χ0) is 20.0. The smallest absolute Gasteiger partial charge is 0.335 e. The van der Waals surface area contributed by atoms with Crippen LogP contribution < -0.4 is 5.69 Å². The van der Waals surface area contributed by atoms with Gasteiger partial charge < -0.3 is 4.90 Å². The van der Waals surface area contributed by atoms with Crippen molar-refractivity contribution >= 4 is 17.5 Å². The van der Waals surface area contributed by atoms with Crippen LogP contribution in [-0.4, -0.2) is 50.6 Å². The maximum Gasteiger partial charge on any atom is 0.346 e. The standard InChI is InChI=1S/C18H18ClF3N4O2/c19-11-5-4-10(6-12(11)20)7-25-18(28)26-15(2-1-3-16(26)23-25)17(27)24-8-13(21)14(22)9-24/h4-6,13-15H,1-3,7-9H2. The van der Waals surface area contributed by atoms with Crippen LogP contribution in [0.3, 0.4) is 0 Å². The fourth-order valence-electron chi connectivity index (χ4n) is 3.79. The van der Waals surface area contributed by atoms with Crippen molar-refractivity contribution in [3.63, 3.8) is 0 Å². The Labute approximate surface area is 163 Å². The summed E-state index contributed by atoms with van der Waals surface area (Å²) in [6.07, 6.45) is -1.86. The van der Waals surface area contributed by atoms with Crippen LogP contribution in [0.2, 0.25) is 5.02 Å². The first-order valence-electron chi connectivity index (χ1n) is 9.04. The van der Waals surface area contributed by atoms with E-state index < -0.39 is 35.8 Å². The quantitative estimate of drug-likeness (QED) is 0.774. The van der Waals surface area contributed by atoms with Crippen LogP contribution in [0.5, 0.6) is 0 Å². The van der Waals surface area contributed by atoms with Gasteiger partial charge in [0.1, 0.15) is 17.7 Å². The molecule has 0 saturated carbocycles. The predicted octanol–water partition coefficient (Wildman–Crippen LogP) is 2.28. The SMILES string of the molecule is O=C(C1CCCc2nn(Cc3ccc(Cl)c(F)c3)c(=O)n21)N1CC(F)C(F)C1. The molecule has 1 fully saturated rings. The van der Waals surface area contributed by atoms with E-state index in [9.17, 15) is 22.8 Å². The maximum absolute atomic E-state index is 13.7. The summed E-state index contributed by atoms with van der Waals surface area (Å²) >= 11 is 5.68. The Hall–Kier alpha value is -2.29. The molecule has 0 N–H and O–H groups in total. The molecule has 2 aliphatic rings. The fraction of sp³-hybridized carbons (Fsp3) is 0.500. The lowest BCUT2D eigenvalue weighted by Crippen LogP contribution is -2.42. The number of carbonyl (C=O) groups excluding carboxylic acids is 1. The number of fused-ring (bicyclic) bond motifs is 1. The van der Waals surface area contributed by atoms with Crippen LogP contribution in [0.1, 0.15) is 30.3 Å². The second-order valence-corrected chi connectivity index (χ2v) is 7.57. The number of rotatable bonds is 3. The van der Waals surface area contributed by atoms with E-state index in [4.69, 9.17) is 11.6 Å². The number of likely N-dealkylation sites (tertiary alicyclic amines) is 1. The first kappa shape index (κ1) is 19.0. The number of aromatic nitrogens is 3. The molecular formula is C18H18ClF3N4O2. The van der Waals surface area contributed by atoms with Gasteiger partial charge in [-0.05, 0) is 30.5 Å². The summed E-state index contributed by atoms with van der Waals surface area (Å²) < 4.78 is 43.1. The summed E-state index contributed by atoms with van der Waals surface area (Å²) in [5.41, 5.74) is -0.00129. The van der Waals surface area contributed by atoms with E-state index >= 15 is 0 Å². The number of benzene rings is 1. The van der Waals surface area contributed by atoms with Crippen molar-refractivity contribution in [3.8, 4) is 0 Å². The van der Waals surface area contributed by atoms with Gasteiger partial charge in [-0.25, -0.2) is 22.6 Å². The van der Waals surface area contributed by atoms with Crippen LogP contribution in [-0.2, 0) is 17.8 Å². The highest BCUT2D eigenvalue weighted by molar-refractivity contribution is 6.30. The minimum atomic E-state index is -1.70. The fourth-order valence-corrected chi connectivity index (χ4v) is 3.91. The summed E-state index contributed by atoms with van der Waals surface area (Å²) in [6.45, 7) is -0.589. The molecule has 6 nitrogen and oxygen atoms in total. The van der Waals surface area contributed by atoms with E-state index in [0.29, 0.717) is 30.7 Å². The first-order valence-corrected chi connectivity index (χ1v) is 9.42. The molecule has 3 unspecified atom stereocenters. The second-order valence-electron chi connectivity index (χ2n) is 7.16. The van der Waals surface area contributed by atoms with Gasteiger partial charge in [-0.1, -0.05) is 17.7 Å². The van der Waals surface area contributed by atoms with Crippen LogP contribution in [0.25, 0.3) is 0 Å². The molecule has 150 valence electrons. The Morgan fingerprint density at radius 3 is 2.64 bits per heavy atom. The van der Waals surface area contributed by atoms with Crippen molar-refractivity contribution in [2.45, 2.75) is 44.2 Å². The summed E-state index contributed by atoms with van der Waals surface area (Å²) in [6, 6.07) is 3.38. The molecule has 28 heavy (non-hydrogen) atoms. The zero-order valence-corrected chi connectivity index (χ0v) is 15.6. The van der Waals surface area contributed by atoms with Crippen LogP contribution >= 0.6 is 11.6 Å². The third-order valence-corrected chi connectivity index (χ3v) is 5.53. The Balaban J connectivity index is 1.62. The van der Waals surface area contributed by atoms with Crippen molar-refractivity contribution in [3.05, 3.63) is 50.9 Å². The number of nitrogens with zero attached hydrogens (tertiary/aromatic N) is 4. The molecule has 0 aliphatic carbocycles. The lowest BCUT2D eigenvalue weighted by Gasteiger charge is -2.26. The van der Waals surface area contributed by atoms with E-state index in [0.717, 1.165) is 4.90 Å². The molecule has 1 aromatic carbocycles. The third-order valence-electron chi connectivity index (χ3n) is 5.23. The molecule has 2 aliphatic heterocycles. The Morgan fingerprint density at radius 1 is 1.25 bits per heavy atom. The summed E-state index contributed by atoms with van der Waals surface area (Å²) in [5, 5.41) is 4.26. The summed E-state index contributed by atoms with van der Waals surface area (Å²) in [7, 11) is 0. The predicted molar refractivity (Wildman–Crippen MR) is 95.3 cm³/mol. The lowest BCUT2D eigenvalue weighted by atomic mass is 10.0. The Morgan fingerprint density at radius 2 is 1.96 bits per heavy atom. The maximum atomic E-state index is 13.7. The third kappa shape index (κ3) is 3.32. The summed E-state index contributed by atoms with van der Waals surface area (Å²) in [5.74, 6) is -0.625. The number of hydrogen-bond donors (Lipinski definition) is 0. The van der Waals surface area contributed by atoms with E-state index in [2.05, 4.69) is 5.10 Å². The zero-order valence-electron chi connectivity index (χ0n) is 14.8. The number of amides is 1.